The van der Waals surface area contributed by atoms with Crippen LogP contribution >= 0.6 is 34.5 Å². The van der Waals surface area contributed by atoms with E-state index in [9.17, 15) is 4.79 Å². The normalized spacial score (nSPS) is 11.9. The number of ether oxygens (including phenoxy) is 1. The van der Waals surface area contributed by atoms with Gasteiger partial charge in [-0.05, 0) is 31.2 Å². The summed E-state index contributed by atoms with van der Waals surface area (Å²) in [5, 5.41) is 1.12. The van der Waals surface area contributed by atoms with Crippen LogP contribution in [0.1, 0.15) is 13.3 Å². The van der Waals surface area contributed by atoms with Crippen LogP contribution in [0, 0.1) is 0 Å². The van der Waals surface area contributed by atoms with Crippen LogP contribution < -0.4 is 9.54 Å². The molecule has 0 aliphatic carbocycles. The Morgan fingerprint density at radius 2 is 2.00 bits per heavy atom. The van der Waals surface area contributed by atoms with Crippen LogP contribution in [0.15, 0.2) is 47.5 Å². The van der Waals surface area contributed by atoms with Crippen LogP contribution in [-0.2, 0) is 11.3 Å². The summed E-state index contributed by atoms with van der Waals surface area (Å²) in [5.41, 5.74) is 0.852. The summed E-state index contributed by atoms with van der Waals surface area (Å²) < 4.78 is 8.38. The molecule has 0 spiro atoms. The Labute approximate surface area is 159 Å². The molecule has 3 aromatic rings. The Bertz CT molecular complexity index is 964. The maximum absolute atomic E-state index is 12.2. The third kappa shape index (κ3) is 4.24. The molecule has 130 valence electrons. The summed E-state index contributed by atoms with van der Waals surface area (Å²) in [6, 6.07) is 12.9. The molecule has 25 heavy (non-hydrogen) atoms. The van der Waals surface area contributed by atoms with E-state index in [0.717, 1.165) is 16.0 Å². The van der Waals surface area contributed by atoms with Gasteiger partial charge in [-0.25, -0.2) is 0 Å². The first-order valence-corrected chi connectivity index (χ1v) is 9.39. The molecule has 0 bridgehead atoms. The summed E-state index contributed by atoms with van der Waals surface area (Å²) >= 11 is 13.8. The first kappa shape index (κ1) is 18.0. The first-order valence-electron chi connectivity index (χ1n) is 7.82. The maximum atomic E-state index is 12.2. The van der Waals surface area contributed by atoms with E-state index in [1.165, 1.54) is 11.3 Å². The zero-order chi connectivity index (χ0) is 17.8. The predicted octanol–water partition coefficient (Wildman–Crippen LogP) is 4.93. The minimum absolute atomic E-state index is 0.210. The molecule has 0 saturated heterocycles. The molecule has 0 unspecified atom stereocenters. The lowest BCUT2D eigenvalue weighted by Crippen LogP contribution is -2.16. The molecule has 0 aliphatic heterocycles. The van der Waals surface area contributed by atoms with Gasteiger partial charge in [0.1, 0.15) is 5.75 Å². The summed E-state index contributed by atoms with van der Waals surface area (Å²) in [7, 11) is 0. The Hall–Kier alpha value is -1.82. The van der Waals surface area contributed by atoms with Crippen LogP contribution in [0.2, 0.25) is 10.0 Å². The van der Waals surface area contributed by atoms with Gasteiger partial charge in [0.25, 0.3) is 5.91 Å². The van der Waals surface area contributed by atoms with E-state index < -0.39 is 0 Å². The highest BCUT2D eigenvalue weighted by atomic mass is 35.5. The largest absolute Gasteiger partial charge is 0.493 e. The number of aromatic nitrogens is 1. The molecule has 1 heterocycles. The van der Waals surface area contributed by atoms with Crippen molar-refractivity contribution in [1.29, 1.82) is 0 Å². The first-order chi connectivity index (χ1) is 12.1. The fraction of sp³-hybridized carbons (Fsp3) is 0.222. The zero-order valence-electron chi connectivity index (χ0n) is 13.5. The molecule has 0 N–H and O–H groups in total. The van der Waals surface area contributed by atoms with Crippen molar-refractivity contribution in [2.45, 2.75) is 19.9 Å². The molecule has 3 rings (SSSR count). The molecule has 0 fully saturated rings. The van der Waals surface area contributed by atoms with Crippen molar-refractivity contribution in [3.8, 4) is 5.75 Å². The van der Waals surface area contributed by atoms with Gasteiger partial charge < -0.3 is 9.30 Å². The number of thiazole rings is 1. The number of rotatable bonds is 5. The van der Waals surface area contributed by atoms with Crippen molar-refractivity contribution in [2.75, 3.05) is 6.61 Å². The Balaban J connectivity index is 1.80. The number of nitrogens with zero attached hydrogens (tertiary/aromatic N) is 2. The van der Waals surface area contributed by atoms with E-state index in [2.05, 4.69) is 4.99 Å². The van der Waals surface area contributed by atoms with Crippen LogP contribution in [0.5, 0.6) is 5.75 Å². The van der Waals surface area contributed by atoms with Crippen molar-refractivity contribution >= 4 is 50.7 Å². The number of hydrogen-bond acceptors (Lipinski definition) is 3. The average molecular weight is 395 g/mol. The SMILES string of the molecule is CCn1c(=NC(=O)CCOc2ccccc2)sc2cc(Cl)cc(Cl)c21. The van der Waals surface area contributed by atoms with E-state index >= 15 is 0 Å². The van der Waals surface area contributed by atoms with Crippen molar-refractivity contribution in [3.63, 3.8) is 0 Å². The van der Waals surface area contributed by atoms with Crippen molar-refractivity contribution in [2.24, 2.45) is 4.99 Å². The minimum Gasteiger partial charge on any atom is -0.493 e. The van der Waals surface area contributed by atoms with Gasteiger partial charge in [0, 0.05) is 11.6 Å². The monoisotopic (exact) mass is 394 g/mol. The Morgan fingerprint density at radius 3 is 2.72 bits per heavy atom. The topological polar surface area (TPSA) is 43.6 Å². The summed E-state index contributed by atoms with van der Waals surface area (Å²) in [5.74, 6) is 0.508. The summed E-state index contributed by atoms with van der Waals surface area (Å²) in [6.45, 7) is 2.93. The summed E-state index contributed by atoms with van der Waals surface area (Å²) in [4.78, 5) is 17.0. The Morgan fingerprint density at radius 1 is 1.24 bits per heavy atom. The molecule has 0 radical (unpaired) electrons. The number of carbonyl (C=O) groups excluding carboxylic acids is 1. The standard InChI is InChI=1S/C18H16Cl2N2O2S/c1-2-22-17-14(20)10-12(19)11-15(17)25-18(22)21-16(23)8-9-24-13-6-4-3-5-7-13/h3-7,10-11H,2,8-9H2,1H3. The quantitative estimate of drug-likeness (QED) is 0.615. The number of fused-ring (bicyclic) bond motifs is 1. The zero-order valence-corrected chi connectivity index (χ0v) is 15.9. The summed E-state index contributed by atoms with van der Waals surface area (Å²) in [6.07, 6.45) is 0.210. The van der Waals surface area contributed by atoms with Crippen LogP contribution in [0.3, 0.4) is 0 Å². The molecular weight excluding hydrogens is 379 g/mol. The van der Waals surface area contributed by atoms with Gasteiger partial charge in [0.15, 0.2) is 4.80 Å². The highest BCUT2D eigenvalue weighted by Gasteiger charge is 2.11. The minimum atomic E-state index is -0.230. The third-order valence-electron chi connectivity index (χ3n) is 3.56. The fourth-order valence-electron chi connectivity index (χ4n) is 2.44. The lowest BCUT2D eigenvalue weighted by Gasteiger charge is -2.04. The highest BCUT2D eigenvalue weighted by molar-refractivity contribution is 7.16. The van der Waals surface area contributed by atoms with Gasteiger partial charge in [0.2, 0.25) is 0 Å². The second kappa shape index (κ2) is 8.04. The van der Waals surface area contributed by atoms with E-state index in [1.807, 2.05) is 47.9 Å². The number of amides is 1. The molecule has 2 aromatic carbocycles. The number of hydrogen-bond donors (Lipinski definition) is 0. The highest BCUT2D eigenvalue weighted by Crippen LogP contribution is 2.29. The molecule has 0 atom stereocenters. The van der Waals surface area contributed by atoms with E-state index in [0.29, 0.717) is 21.4 Å². The lowest BCUT2D eigenvalue weighted by molar-refractivity contribution is -0.118. The van der Waals surface area contributed by atoms with E-state index in [-0.39, 0.29) is 18.9 Å². The number of para-hydroxylation sites is 1. The fourth-order valence-corrected chi connectivity index (χ4v) is 4.34. The van der Waals surface area contributed by atoms with Gasteiger partial charge >= 0.3 is 0 Å². The van der Waals surface area contributed by atoms with E-state index in [1.54, 1.807) is 6.07 Å². The van der Waals surface area contributed by atoms with Gasteiger partial charge in [-0.2, -0.15) is 4.99 Å². The van der Waals surface area contributed by atoms with Gasteiger partial charge in [-0.3, -0.25) is 4.79 Å². The average Bonchev–Trinajstić information content (AvgIpc) is 2.92. The van der Waals surface area contributed by atoms with Gasteiger partial charge in [0.05, 0.1) is 28.3 Å². The molecule has 0 aliphatic rings. The van der Waals surface area contributed by atoms with Gasteiger partial charge in [-0.1, -0.05) is 52.7 Å². The van der Waals surface area contributed by atoms with Crippen LogP contribution in [0.25, 0.3) is 10.2 Å². The van der Waals surface area contributed by atoms with Crippen molar-refractivity contribution in [3.05, 3.63) is 57.3 Å². The van der Waals surface area contributed by atoms with Crippen molar-refractivity contribution in [1.82, 2.24) is 4.57 Å². The predicted molar refractivity (Wildman–Crippen MR) is 103 cm³/mol. The number of aryl methyl sites for hydroxylation is 1. The number of halogens is 2. The molecule has 0 saturated carbocycles. The van der Waals surface area contributed by atoms with E-state index in [4.69, 9.17) is 27.9 Å². The van der Waals surface area contributed by atoms with Crippen molar-refractivity contribution < 1.29 is 9.53 Å². The van der Waals surface area contributed by atoms with Gasteiger partial charge in [-0.15, -0.1) is 0 Å². The second-order valence-corrected chi connectivity index (χ2v) is 7.13. The number of carbonyl (C=O) groups is 1. The lowest BCUT2D eigenvalue weighted by atomic mass is 10.3. The smallest absolute Gasteiger partial charge is 0.251 e. The number of benzene rings is 2. The molecule has 4 nitrogen and oxygen atoms in total. The third-order valence-corrected chi connectivity index (χ3v) is 5.09. The maximum Gasteiger partial charge on any atom is 0.251 e. The molecule has 1 aromatic heterocycles. The molecular formula is C18H16Cl2N2O2S. The Kier molecular flexibility index (Phi) is 5.78. The molecule has 7 heteroatoms. The molecule has 1 amide bonds. The van der Waals surface area contributed by atoms with Crippen LogP contribution in [-0.4, -0.2) is 17.1 Å². The van der Waals surface area contributed by atoms with Crippen LogP contribution in [0.4, 0.5) is 0 Å². The second-order valence-electron chi connectivity index (χ2n) is 5.28.